The number of hydrogen-bond donors (Lipinski definition) is 0. The van der Waals surface area contributed by atoms with Gasteiger partial charge in [-0.1, -0.05) is 140 Å². The summed E-state index contributed by atoms with van der Waals surface area (Å²) in [6, 6.07) is 58.5. The van der Waals surface area contributed by atoms with E-state index in [0.717, 1.165) is 33.5 Å². The molecule has 0 fully saturated rings. The van der Waals surface area contributed by atoms with Crippen molar-refractivity contribution >= 4 is 59.5 Å². The Morgan fingerprint density at radius 3 is 2.02 bits per heavy atom. The highest BCUT2D eigenvalue weighted by molar-refractivity contribution is 7.22. The van der Waals surface area contributed by atoms with Crippen molar-refractivity contribution in [2.75, 3.05) is 4.90 Å². The minimum Gasteiger partial charge on any atom is -0.325 e. The van der Waals surface area contributed by atoms with Crippen molar-refractivity contribution in [2.45, 2.75) is 12.0 Å². The maximum Gasteiger partial charge on any atom is 0.235 e. The average Bonchev–Trinajstić information content (AvgIpc) is 3.91. The zero-order valence-electron chi connectivity index (χ0n) is 28.7. The largest absolute Gasteiger partial charge is 0.325 e. The molecule has 11 rings (SSSR count). The van der Waals surface area contributed by atoms with E-state index >= 15 is 0 Å². The molecule has 0 bridgehead atoms. The molecule has 3 aromatic heterocycles. The Kier molecular flexibility index (Phi) is 6.82. The average molecular weight is 697 g/mol. The summed E-state index contributed by atoms with van der Waals surface area (Å²) in [6.45, 7) is 0. The Balaban J connectivity index is 1.04. The third-order valence-electron chi connectivity index (χ3n) is 10.8. The number of para-hydroxylation sites is 2. The lowest BCUT2D eigenvalue weighted by Gasteiger charge is -2.28. The second-order valence-electron chi connectivity index (χ2n) is 13.8. The van der Waals surface area contributed by atoms with Gasteiger partial charge >= 0.3 is 0 Å². The van der Waals surface area contributed by atoms with Gasteiger partial charge in [0.05, 0.1) is 33.5 Å². The molecule has 9 aromatic rings. The first-order chi connectivity index (χ1) is 26.3. The number of rotatable bonds is 5. The molecule has 0 saturated carbocycles. The number of allylic oxidation sites excluding steroid dienone is 2. The predicted molar refractivity (Wildman–Crippen MR) is 221 cm³/mol. The minimum absolute atomic E-state index is 0.225. The van der Waals surface area contributed by atoms with Crippen LogP contribution in [0, 0.1) is 0 Å². The molecule has 53 heavy (non-hydrogen) atoms. The third-order valence-corrected chi connectivity index (χ3v) is 11.9. The predicted octanol–water partition coefficient (Wildman–Crippen LogP) is 12.4. The summed E-state index contributed by atoms with van der Waals surface area (Å²) in [5.41, 5.74) is 11.2. The molecule has 0 spiro atoms. The Hall–Kier alpha value is -6.56. The quantitative estimate of drug-likeness (QED) is 0.180. The SMILES string of the molecule is C1=CC2C(C=C1c1ccc3c(c1)c1ccccc1n3-c1nc(-c3ccccc3)cc(-c3ccccc3)n1)c1ccccc1N2c1cc2ccccc2s1. The van der Waals surface area contributed by atoms with Gasteiger partial charge in [-0.3, -0.25) is 4.57 Å². The number of fused-ring (bicyclic) bond motifs is 7. The first-order valence-corrected chi connectivity index (χ1v) is 18.9. The molecule has 1 aliphatic carbocycles. The van der Waals surface area contributed by atoms with Crippen LogP contribution in [0.15, 0.2) is 182 Å². The van der Waals surface area contributed by atoms with Gasteiger partial charge in [0.15, 0.2) is 0 Å². The van der Waals surface area contributed by atoms with Gasteiger partial charge in [0.2, 0.25) is 5.95 Å². The molecule has 5 heteroatoms. The molecule has 2 unspecified atom stereocenters. The molecule has 4 nitrogen and oxygen atoms in total. The summed E-state index contributed by atoms with van der Waals surface area (Å²) in [5, 5.41) is 4.95. The molecular formula is C48H32N4S. The second kappa shape index (κ2) is 12.0. The van der Waals surface area contributed by atoms with E-state index < -0.39 is 0 Å². The van der Waals surface area contributed by atoms with E-state index in [0.29, 0.717) is 5.95 Å². The van der Waals surface area contributed by atoms with Crippen LogP contribution < -0.4 is 4.90 Å². The van der Waals surface area contributed by atoms with Crippen LogP contribution in [0.1, 0.15) is 17.0 Å². The number of nitrogens with zero attached hydrogens (tertiary/aromatic N) is 4. The van der Waals surface area contributed by atoms with Crippen LogP contribution in [0.3, 0.4) is 0 Å². The Morgan fingerprint density at radius 1 is 0.547 bits per heavy atom. The van der Waals surface area contributed by atoms with Gasteiger partial charge in [0.1, 0.15) is 0 Å². The van der Waals surface area contributed by atoms with Gasteiger partial charge in [-0.15, -0.1) is 11.3 Å². The summed E-state index contributed by atoms with van der Waals surface area (Å²) < 4.78 is 3.55. The summed E-state index contributed by atoms with van der Waals surface area (Å²) >= 11 is 1.87. The van der Waals surface area contributed by atoms with E-state index in [2.05, 4.69) is 179 Å². The number of thiophene rings is 1. The Bertz CT molecular complexity index is 2830. The van der Waals surface area contributed by atoms with E-state index in [4.69, 9.17) is 9.97 Å². The molecule has 6 aromatic carbocycles. The number of hydrogen-bond acceptors (Lipinski definition) is 4. The smallest absolute Gasteiger partial charge is 0.235 e. The number of aromatic nitrogens is 3. The lowest BCUT2D eigenvalue weighted by Crippen LogP contribution is -2.28. The van der Waals surface area contributed by atoms with E-state index in [-0.39, 0.29) is 12.0 Å². The summed E-state index contributed by atoms with van der Waals surface area (Å²) in [7, 11) is 0. The molecule has 250 valence electrons. The topological polar surface area (TPSA) is 34.0 Å². The van der Waals surface area contributed by atoms with Crippen LogP contribution in [0.2, 0.25) is 0 Å². The van der Waals surface area contributed by atoms with Crippen molar-refractivity contribution in [2.24, 2.45) is 0 Å². The molecule has 0 radical (unpaired) electrons. The number of benzene rings is 6. The Morgan fingerprint density at radius 2 is 1.23 bits per heavy atom. The van der Waals surface area contributed by atoms with Crippen LogP contribution in [0.4, 0.5) is 10.7 Å². The highest BCUT2D eigenvalue weighted by Gasteiger charge is 2.39. The van der Waals surface area contributed by atoms with Crippen molar-refractivity contribution in [3.8, 4) is 28.5 Å². The highest BCUT2D eigenvalue weighted by Crippen LogP contribution is 2.51. The molecule has 0 saturated heterocycles. The zero-order valence-corrected chi connectivity index (χ0v) is 29.5. The Labute approximate surface area is 311 Å². The minimum atomic E-state index is 0.225. The summed E-state index contributed by atoms with van der Waals surface area (Å²) in [5.74, 6) is 0.909. The van der Waals surface area contributed by atoms with Crippen molar-refractivity contribution in [3.05, 3.63) is 193 Å². The van der Waals surface area contributed by atoms with Crippen LogP contribution in [0.5, 0.6) is 0 Å². The van der Waals surface area contributed by atoms with Gasteiger partial charge in [0.25, 0.3) is 0 Å². The van der Waals surface area contributed by atoms with E-state index in [1.165, 1.54) is 48.2 Å². The first-order valence-electron chi connectivity index (χ1n) is 18.1. The maximum absolute atomic E-state index is 5.21. The van der Waals surface area contributed by atoms with Gasteiger partial charge < -0.3 is 4.90 Å². The third kappa shape index (κ3) is 4.89. The fourth-order valence-electron chi connectivity index (χ4n) is 8.30. The maximum atomic E-state index is 5.21. The van der Waals surface area contributed by atoms with Crippen molar-refractivity contribution in [1.29, 1.82) is 0 Å². The zero-order chi connectivity index (χ0) is 34.9. The van der Waals surface area contributed by atoms with Crippen molar-refractivity contribution in [3.63, 3.8) is 0 Å². The van der Waals surface area contributed by atoms with E-state index in [1.54, 1.807) is 0 Å². The van der Waals surface area contributed by atoms with E-state index in [1.807, 2.05) is 23.5 Å². The molecule has 0 amide bonds. The van der Waals surface area contributed by atoms with Gasteiger partial charge in [-0.05, 0) is 64.6 Å². The fraction of sp³-hybridized carbons (Fsp3) is 0.0417. The second-order valence-corrected chi connectivity index (χ2v) is 14.9. The molecule has 2 atom stereocenters. The lowest BCUT2D eigenvalue weighted by atomic mass is 9.86. The van der Waals surface area contributed by atoms with Crippen LogP contribution in [0.25, 0.3) is 65.9 Å². The lowest BCUT2D eigenvalue weighted by molar-refractivity contribution is 0.751. The van der Waals surface area contributed by atoms with Crippen LogP contribution in [-0.4, -0.2) is 20.6 Å². The highest BCUT2D eigenvalue weighted by atomic mass is 32.1. The summed E-state index contributed by atoms with van der Waals surface area (Å²) in [4.78, 5) is 13.0. The molecule has 4 heterocycles. The molecular weight excluding hydrogens is 665 g/mol. The molecule has 2 aliphatic rings. The van der Waals surface area contributed by atoms with Crippen molar-refractivity contribution < 1.29 is 0 Å². The van der Waals surface area contributed by atoms with E-state index in [9.17, 15) is 0 Å². The monoisotopic (exact) mass is 696 g/mol. The van der Waals surface area contributed by atoms with Crippen LogP contribution >= 0.6 is 11.3 Å². The van der Waals surface area contributed by atoms with Gasteiger partial charge in [0, 0.05) is 38.2 Å². The molecule has 0 N–H and O–H groups in total. The van der Waals surface area contributed by atoms with Crippen LogP contribution in [-0.2, 0) is 0 Å². The van der Waals surface area contributed by atoms with Crippen molar-refractivity contribution in [1.82, 2.24) is 14.5 Å². The summed E-state index contributed by atoms with van der Waals surface area (Å²) in [6.07, 6.45) is 7.22. The fourth-order valence-corrected chi connectivity index (χ4v) is 9.42. The van der Waals surface area contributed by atoms with Gasteiger partial charge in [-0.2, -0.15) is 0 Å². The molecule has 1 aliphatic heterocycles. The standard InChI is InChI=1S/C48H32N4S/c1-3-13-31(14-4-1)40-30-41(32-15-5-2-6-16-32)50-48(49-40)52-43-21-11-9-19-37(43)39-28-34(24-26-45(39)52)33-23-25-44-38(27-33)36-18-8-10-20-42(36)51(44)47-29-35-17-7-12-22-46(35)53-47/h1-30,38,44H. The van der Waals surface area contributed by atoms with Gasteiger partial charge in [-0.25, -0.2) is 9.97 Å². The number of anilines is 2. The first kappa shape index (κ1) is 30.1. The normalized spacial score (nSPS) is 16.3.